The second-order valence-electron chi connectivity index (χ2n) is 10.2. The van der Waals surface area contributed by atoms with Gasteiger partial charge in [0.15, 0.2) is 0 Å². The molecule has 12 nitrogen and oxygen atoms in total. The fraction of sp³-hybridized carbons (Fsp3) is 0.519. The Morgan fingerprint density at radius 3 is 2.28 bits per heavy atom. The first kappa shape index (κ1) is 29.5. The van der Waals surface area contributed by atoms with Crippen LogP contribution in [0.15, 0.2) is 41.2 Å². The topological polar surface area (TPSA) is 143 Å². The summed E-state index contributed by atoms with van der Waals surface area (Å²) in [4.78, 5) is 66.4. The summed E-state index contributed by atoms with van der Waals surface area (Å²) in [7, 11) is 0. The molecule has 2 N–H and O–H groups in total. The van der Waals surface area contributed by atoms with Crippen molar-refractivity contribution < 1.29 is 28.7 Å². The molecule has 1 aromatic heterocycles. The highest BCUT2D eigenvalue weighted by atomic mass is 16.6. The summed E-state index contributed by atoms with van der Waals surface area (Å²) in [6.07, 6.45) is 0.134. The zero-order chi connectivity index (χ0) is 28.6. The number of benzene rings is 1. The number of piperazine rings is 1. The maximum atomic E-state index is 13.4. The van der Waals surface area contributed by atoms with Gasteiger partial charge in [-0.3, -0.25) is 24.3 Å². The molecule has 0 unspecified atom stereocenters. The Kier molecular flexibility index (Phi) is 9.91. The van der Waals surface area contributed by atoms with Crippen LogP contribution in [0.4, 0.5) is 4.79 Å². The van der Waals surface area contributed by atoms with Gasteiger partial charge in [-0.2, -0.15) is 0 Å². The third-order valence-electron chi connectivity index (χ3n) is 5.99. The molecule has 2 heterocycles. The van der Waals surface area contributed by atoms with Gasteiger partial charge in [-0.15, -0.1) is 0 Å². The van der Waals surface area contributed by atoms with Crippen LogP contribution in [0.3, 0.4) is 0 Å². The summed E-state index contributed by atoms with van der Waals surface area (Å²) in [6.45, 7) is 8.46. The van der Waals surface area contributed by atoms with Crippen LogP contribution in [0.2, 0.25) is 0 Å². The van der Waals surface area contributed by atoms with Crippen molar-refractivity contribution in [3.05, 3.63) is 52.4 Å². The summed E-state index contributed by atoms with van der Waals surface area (Å²) in [5.74, 6) is -1.35. The third-order valence-corrected chi connectivity index (χ3v) is 5.99. The maximum absolute atomic E-state index is 13.4. The van der Waals surface area contributed by atoms with E-state index in [9.17, 15) is 24.0 Å². The van der Waals surface area contributed by atoms with E-state index in [2.05, 4.69) is 10.4 Å². The summed E-state index contributed by atoms with van der Waals surface area (Å²) in [5.41, 5.74) is -0.488. The van der Waals surface area contributed by atoms with E-state index in [-0.39, 0.29) is 44.1 Å². The quantitative estimate of drug-likeness (QED) is 0.461. The van der Waals surface area contributed by atoms with Gasteiger partial charge in [0.25, 0.3) is 11.5 Å². The number of nitrogens with zero attached hydrogens (tertiary/aromatic N) is 3. The van der Waals surface area contributed by atoms with Crippen molar-refractivity contribution in [1.29, 1.82) is 0 Å². The molecule has 0 saturated carbocycles. The highest BCUT2D eigenvalue weighted by Crippen LogP contribution is 2.14. The van der Waals surface area contributed by atoms with Crippen molar-refractivity contribution in [2.24, 2.45) is 0 Å². The van der Waals surface area contributed by atoms with Gasteiger partial charge in [-0.1, -0.05) is 18.2 Å². The highest BCUT2D eigenvalue weighted by molar-refractivity contribution is 5.96. The molecule has 39 heavy (non-hydrogen) atoms. The van der Waals surface area contributed by atoms with E-state index in [1.165, 1.54) is 15.6 Å². The van der Waals surface area contributed by atoms with Crippen LogP contribution in [-0.4, -0.2) is 87.9 Å². The number of hydrogen-bond donors (Lipinski definition) is 2. The van der Waals surface area contributed by atoms with Crippen LogP contribution in [0, 0.1) is 0 Å². The lowest BCUT2D eigenvalue weighted by Gasteiger charge is -2.36. The lowest BCUT2D eigenvalue weighted by atomic mass is 10.1. The maximum Gasteiger partial charge on any atom is 0.409 e. The number of H-pyrrole nitrogens is 1. The number of hydrogen-bond acceptors (Lipinski definition) is 7. The molecular formula is C27H37N5O7. The predicted molar refractivity (Wildman–Crippen MR) is 143 cm³/mol. The smallest absolute Gasteiger partial charge is 0.409 e. The Morgan fingerprint density at radius 2 is 1.67 bits per heavy atom. The molecule has 0 spiro atoms. The van der Waals surface area contributed by atoms with Crippen molar-refractivity contribution in [1.82, 2.24) is 24.9 Å². The standard InChI is InChI=1S/C27H37N5O7/c1-5-38-26(37)31-16-14-30(15-17-31)25(36)20(12-9-13-23(34)39-27(2,3)4)28-24(35)21-18-22(33)32(29-21)19-10-7-6-8-11-19/h6-8,10-11,18,20,29H,5,9,12-17H2,1-4H3,(H,28,35)/t20-/m0/s1. The largest absolute Gasteiger partial charge is 0.460 e. The first-order valence-corrected chi connectivity index (χ1v) is 13.1. The van der Waals surface area contributed by atoms with Crippen LogP contribution in [0.1, 0.15) is 57.4 Å². The van der Waals surface area contributed by atoms with E-state index in [1.54, 1.807) is 56.9 Å². The molecule has 3 amide bonds. The molecular weight excluding hydrogens is 506 g/mol. The normalized spacial score (nSPS) is 14.5. The molecule has 0 bridgehead atoms. The number of para-hydroxylation sites is 1. The van der Waals surface area contributed by atoms with Crippen LogP contribution in [-0.2, 0) is 19.1 Å². The number of ether oxygens (including phenoxy) is 2. The highest BCUT2D eigenvalue weighted by Gasteiger charge is 2.31. The van der Waals surface area contributed by atoms with Gasteiger partial charge in [0.05, 0.1) is 12.3 Å². The predicted octanol–water partition coefficient (Wildman–Crippen LogP) is 2.08. The Hall–Kier alpha value is -4.09. The minimum atomic E-state index is -0.947. The van der Waals surface area contributed by atoms with Crippen LogP contribution < -0.4 is 10.9 Å². The first-order valence-electron chi connectivity index (χ1n) is 13.1. The van der Waals surface area contributed by atoms with Crippen LogP contribution in [0.25, 0.3) is 5.69 Å². The number of carbonyl (C=O) groups excluding carboxylic acids is 4. The van der Waals surface area contributed by atoms with Gasteiger partial charge in [0.1, 0.15) is 17.3 Å². The molecule has 1 fully saturated rings. The second kappa shape index (κ2) is 13.1. The molecule has 1 aliphatic heterocycles. The summed E-state index contributed by atoms with van der Waals surface area (Å²) in [6, 6.07) is 9.01. The lowest BCUT2D eigenvalue weighted by molar-refractivity contribution is -0.155. The molecule has 0 radical (unpaired) electrons. The Balaban J connectivity index is 1.70. The van der Waals surface area contributed by atoms with Gasteiger partial charge in [-0.25, -0.2) is 9.48 Å². The Bertz CT molecular complexity index is 1210. The van der Waals surface area contributed by atoms with Crippen molar-refractivity contribution in [2.75, 3.05) is 32.8 Å². The number of aromatic nitrogens is 2. The minimum absolute atomic E-state index is 0.000857. The van der Waals surface area contributed by atoms with E-state index in [0.717, 1.165) is 0 Å². The average molecular weight is 544 g/mol. The molecule has 1 aliphatic rings. The van der Waals surface area contributed by atoms with Crippen LogP contribution >= 0.6 is 0 Å². The molecule has 2 aromatic rings. The van der Waals surface area contributed by atoms with Crippen LogP contribution in [0.5, 0.6) is 0 Å². The van der Waals surface area contributed by atoms with Crippen molar-refractivity contribution in [3.8, 4) is 5.69 Å². The molecule has 3 rings (SSSR count). The van der Waals surface area contributed by atoms with Crippen molar-refractivity contribution >= 4 is 23.9 Å². The van der Waals surface area contributed by atoms with Gasteiger partial charge in [0, 0.05) is 38.7 Å². The monoisotopic (exact) mass is 543 g/mol. The zero-order valence-corrected chi connectivity index (χ0v) is 22.9. The zero-order valence-electron chi connectivity index (χ0n) is 22.9. The number of nitrogens with one attached hydrogen (secondary N) is 2. The fourth-order valence-electron chi connectivity index (χ4n) is 4.16. The van der Waals surface area contributed by atoms with Gasteiger partial charge in [-0.05, 0) is 52.7 Å². The second-order valence-corrected chi connectivity index (χ2v) is 10.2. The molecule has 1 atom stereocenters. The SMILES string of the molecule is CCOC(=O)N1CCN(C(=O)[C@H](CCCC(=O)OC(C)(C)C)NC(=O)c2cc(=O)n(-c3ccccc3)[nH]2)CC1. The van der Waals surface area contributed by atoms with Gasteiger partial charge >= 0.3 is 12.1 Å². The van der Waals surface area contributed by atoms with Gasteiger partial charge < -0.3 is 24.6 Å². The molecule has 1 saturated heterocycles. The lowest BCUT2D eigenvalue weighted by Crippen LogP contribution is -2.56. The molecule has 1 aromatic carbocycles. The average Bonchev–Trinajstić information content (AvgIpc) is 3.29. The Morgan fingerprint density at radius 1 is 1.03 bits per heavy atom. The number of esters is 1. The molecule has 212 valence electrons. The fourth-order valence-corrected chi connectivity index (χ4v) is 4.16. The number of rotatable bonds is 9. The third kappa shape index (κ3) is 8.45. The molecule has 0 aliphatic carbocycles. The summed E-state index contributed by atoms with van der Waals surface area (Å²) < 4.78 is 11.6. The number of aromatic amines is 1. The van der Waals surface area contributed by atoms with E-state index >= 15 is 0 Å². The van der Waals surface area contributed by atoms with E-state index in [4.69, 9.17) is 9.47 Å². The first-order chi connectivity index (χ1) is 18.5. The van der Waals surface area contributed by atoms with E-state index in [1.807, 2.05) is 6.07 Å². The number of carbonyl (C=O) groups is 4. The van der Waals surface area contributed by atoms with Crippen molar-refractivity contribution in [2.45, 2.75) is 58.6 Å². The summed E-state index contributed by atoms with van der Waals surface area (Å²) >= 11 is 0. The summed E-state index contributed by atoms with van der Waals surface area (Å²) in [5, 5.41) is 5.51. The van der Waals surface area contributed by atoms with Crippen molar-refractivity contribution in [3.63, 3.8) is 0 Å². The van der Waals surface area contributed by atoms with E-state index in [0.29, 0.717) is 25.2 Å². The Labute approximate surface area is 227 Å². The number of amides is 3. The van der Waals surface area contributed by atoms with Gasteiger partial charge in [0.2, 0.25) is 5.91 Å². The molecule has 12 heteroatoms. The minimum Gasteiger partial charge on any atom is -0.460 e. The van der Waals surface area contributed by atoms with E-state index < -0.39 is 35.2 Å².